The largest absolute Gasteiger partial charge is 0.481 e. The van der Waals surface area contributed by atoms with Crippen LogP contribution in [0.4, 0.5) is 0 Å². The third-order valence-corrected chi connectivity index (χ3v) is 2.04. The van der Waals surface area contributed by atoms with Crippen LogP contribution in [0.25, 0.3) is 0 Å². The average molecular weight is 222 g/mol. The first-order valence-corrected chi connectivity index (χ1v) is 4.88. The van der Waals surface area contributed by atoms with Gasteiger partial charge in [-0.1, -0.05) is 30.3 Å². The third kappa shape index (κ3) is 4.10. The normalized spacial score (nSPS) is 11.8. The molecule has 16 heavy (non-hydrogen) atoms. The molecule has 0 saturated carbocycles. The standard InChI is InChI=1S/C11H14N2O3/c12-9(6-10(14)15)11(16)13-7-8-4-2-1-3-5-8/h1-5,9H,6-7,12H2,(H,13,16)(H,14,15)/t9-/m0/s1. The summed E-state index contributed by atoms with van der Waals surface area (Å²) in [6, 6.07) is 8.33. The molecule has 1 rings (SSSR count). The van der Waals surface area contributed by atoms with Crippen LogP contribution in [0.5, 0.6) is 0 Å². The molecule has 1 aromatic carbocycles. The van der Waals surface area contributed by atoms with Crippen molar-refractivity contribution in [2.75, 3.05) is 0 Å². The zero-order valence-electron chi connectivity index (χ0n) is 8.72. The van der Waals surface area contributed by atoms with E-state index in [0.717, 1.165) is 5.56 Å². The van der Waals surface area contributed by atoms with E-state index in [9.17, 15) is 9.59 Å². The molecule has 0 bridgehead atoms. The molecule has 86 valence electrons. The van der Waals surface area contributed by atoms with Gasteiger partial charge in [0.1, 0.15) is 0 Å². The number of aliphatic carboxylic acids is 1. The number of hydrogen-bond acceptors (Lipinski definition) is 3. The van der Waals surface area contributed by atoms with Gasteiger partial charge in [-0.05, 0) is 5.56 Å². The van der Waals surface area contributed by atoms with Crippen LogP contribution in [-0.2, 0) is 16.1 Å². The van der Waals surface area contributed by atoms with Gasteiger partial charge in [0.05, 0.1) is 12.5 Å². The number of carbonyl (C=O) groups excluding carboxylic acids is 1. The molecule has 0 aliphatic heterocycles. The lowest BCUT2D eigenvalue weighted by molar-refractivity contribution is -0.139. The summed E-state index contributed by atoms with van der Waals surface area (Å²) in [5.41, 5.74) is 6.33. The Hall–Kier alpha value is -1.88. The highest BCUT2D eigenvalue weighted by Crippen LogP contribution is 1.97. The second-order valence-corrected chi connectivity index (χ2v) is 3.41. The van der Waals surface area contributed by atoms with E-state index in [4.69, 9.17) is 10.8 Å². The minimum atomic E-state index is -1.08. The number of nitrogens with two attached hydrogens (primary N) is 1. The SMILES string of the molecule is N[C@@H](CC(=O)O)C(=O)NCc1ccccc1. The Bertz CT molecular complexity index is 365. The van der Waals surface area contributed by atoms with E-state index in [1.165, 1.54) is 0 Å². The number of benzene rings is 1. The van der Waals surface area contributed by atoms with Gasteiger partial charge in [-0.15, -0.1) is 0 Å². The van der Waals surface area contributed by atoms with Crippen molar-refractivity contribution in [3.63, 3.8) is 0 Å². The number of nitrogens with one attached hydrogen (secondary N) is 1. The van der Waals surface area contributed by atoms with Crippen LogP contribution in [-0.4, -0.2) is 23.0 Å². The van der Waals surface area contributed by atoms with E-state index < -0.39 is 17.9 Å². The molecule has 0 unspecified atom stereocenters. The lowest BCUT2D eigenvalue weighted by Crippen LogP contribution is -2.41. The van der Waals surface area contributed by atoms with Crippen LogP contribution in [0, 0.1) is 0 Å². The maximum Gasteiger partial charge on any atom is 0.305 e. The van der Waals surface area contributed by atoms with Crippen LogP contribution < -0.4 is 11.1 Å². The zero-order valence-corrected chi connectivity index (χ0v) is 8.72. The Kier molecular flexibility index (Phi) is 4.47. The van der Waals surface area contributed by atoms with Gasteiger partial charge in [0.2, 0.25) is 5.91 Å². The number of hydrogen-bond donors (Lipinski definition) is 3. The first-order valence-electron chi connectivity index (χ1n) is 4.88. The first-order chi connectivity index (χ1) is 7.59. The molecule has 5 heteroatoms. The highest BCUT2D eigenvalue weighted by Gasteiger charge is 2.16. The van der Waals surface area contributed by atoms with Crippen molar-refractivity contribution in [2.24, 2.45) is 5.73 Å². The number of carbonyl (C=O) groups is 2. The van der Waals surface area contributed by atoms with Crippen molar-refractivity contribution in [2.45, 2.75) is 19.0 Å². The molecule has 0 spiro atoms. The minimum absolute atomic E-state index is 0.354. The Labute approximate surface area is 93.3 Å². The maximum atomic E-state index is 11.4. The minimum Gasteiger partial charge on any atom is -0.481 e. The predicted octanol–water partition coefficient (Wildman–Crippen LogP) is 0.105. The predicted molar refractivity (Wildman–Crippen MR) is 58.5 cm³/mol. The monoisotopic (exact) mass is 222 g/mol. The van der Waals surface area contributed by atoms with E-state index >= 15 is 0 Å². The Morgan fingerprint density at radius 3 is 2.50 bits per heavy atom. The van der Waals surface area contributed by atoms with E-state index in [0.29, 0.717) is 6.54 Å². The smallest absolute Gasteiger partial charge is 0.305 e. The molecular weight excluding hydrogens is 208 g/mol. The summed E-state index contributed by atoms with van der Waals surface area (Å²) in [5.74, 6) is -1.53. The highest BCUT2D eigenvalue weighted by atomic mass is 16.4. The van der Waals surface area contributed by atoms with Gasteiger partial charge in [0.25, 0.3) is 0 Å². The van der Waals surface area contributed by atoms with Gasteiger partial charge in [-0.25, -0.2) is 0 Å². The summed E-state index contributed by atoms with van der Waals surface area (Å²) < 4.78 is 0. The molecule has 4 N–H and O–H groups in total. The number of carboxylic acids is 1. The molecule has 1 atom stereocenters. The highest BCUT2D eigenvalue weighted by molar-refractivity contribution is 5.85. The van der Waals surface area contributed by atoms with E-state index in [2.05, 4.69) is 5.32 Å². The van der Waals surface area contributed by atoms with Gasteiger partial charge < -0.3 is 16.2 Å². The second-order valence-electron chi connectivity index (χ2n) is 3.41. The van der Waals surface area contributed by atoms with Crippen LogP contribution in [0.3, 0.4) is 0 Å². The summed E-state index contributed by atoms with van der Waals surface area (Å²) in [5, 5.41) is 11.0. The van der Waals surface area contributed by atoms with Crippen molar-refractivity contribution in [3.05, 3.63) is 35.9 Å². The molecule has 5 nitrogen and oxygen atoms in total. The number of carboxylic acid groups (broad SMARTS) is 1. The maximum absolute atomic E-state index is 11.4. The van der Waals surface area contributed by atoms with Gasteiger partial charge in [-0.2, -0.15) is 0 Å². The molecular formula is C11H14N2O3. The van der Waals surface area contributed by atoms with Crippen molar-refractivity contribution >= 4 is 11.9 Å². The van der Waals surface area contributed by atoms with Crippen LogP contribution in [0.2, 0.25) is 0 Å². The van der Waals surface area contributed by atoms with Gasteiger partial charge in [0.15, 0.2) is 0 Å². The molecule has 0 aromatic heterocycles. The first kappa shape index (κ1) is 12.2. The zero-order chi connectivity index (χ0) is 12.0. The Balaban J connectivity index is 2.38. The third-order valence-electron chi connectivity index (χ3n) is 2.04. The number of amides is 1. The summed E-state index contributed by atoms with van der Waals surface area (Å²) in [6.07, 6.45) is -0.360. The average Bonchev–Trinajstić information content (AvgIpc) is 2.26. The van der Waals surface area contributed by atoms with E-state index in [-0.39, 0.29) is 6.42 Å². The molecule has 0 fully saturated rings. The molecule has 0 aliphatic carbocycles. The lowest BCUT2D eigenvalue weighted by atomic mass is 10.2. The summed E-state index contributed by atoms with van der Waals surface area (Å²) >= 11 is 0. The van der Waals surface area contributed by atoms with Crippen molar-refractivity contribution in [1.82, 2.24) is 5.32 Å². The molecule has 1 aromatic rings. The Morgan fingerprint density at radius 2 is 1.94 bits per heavy atom. The van der Waals surface area contributed by atoms with Crippen LogP contribution >= 0.6 is 0 Å². The fraction of sp³-hybridized carbons (Fsp3) is 0.273. The fourth-order valence-electron chi connectivity index (χ4n) is 1.20. The van der Waals surface area contributed by atoms with Crippen LogP contribution in [0.15, 0.2) is 30.3 Å². The van der Waals surface area contributed by atoms with Gasteiger partial charge in [0, 0.05) is 6.54 Å². The summed E-state index contributed by atoms with van der Waals surface area (Å²) in [6.45, 7) is 0.354. The molecule has 0 heterocycles. The summed E-state index contributed by atoms with van der Waals surface area (Å²) in [4.78, 5) is 21.7. The molecule has 0 radical (unpaired) electrons. The molecule has 0 aliphatic rings. The summed E-state index contributed by atoms with van der Waals surface area (Å²) in [7, 11) is 0. The van der Waals surface area contributed by atoms with Gasteiger partial charge in [-0.3, -0.25) is 9.59 Å². The van der Waals surface area contributed by atoms with Crippen molar-refractivity contribution in [3.8, 4) is 0 Å². The van der Waals surface area contributed by atoms with E-state index in [1.807, 2.05) is 30.3 Å². The van der Waals surface area contributed by atoms with Crippen molar-refractivity contribution in [1.29, 1.82) is 0 Å². The Morgan fingerprint density at radius 1 is 1.31 bits per heavy atom. The van der Waals surface area contributed by atoms with Gasteiger partial charge >= 0.3 is 5.97 Å². The van der Waals surface area contributed by atoms with Crippen LogP contribution in [0.1, 0.15) is 12.0 Å². The van der Waals surface area contributed by atoms with E-state index in [1.54, 1.807) is 0 Å². The lowest BCUT2D eigenvalue weighted by Gasteiger charge is -2.09. The quantitative estimate of drug-likeness (QED) is 0.659. The molecule has 1 amide bonds. The topological polar surface area (TPSA) is 92.4 Å². The second kappa shape index (κ2) is 5.87. The molecule has 0 saturated heterocycles. The fourth-order valence-corrected chi connectivity index (χ4v) is 1.20. The van der Waals surface area contributed by atoms with Crippen molar-refractivity contribution < 1.29 is 14.7 Å². The number of rotatable bonds is 5.